The number of H-pyrrole nitrogens is 1. The molecule has 1 amide bonds. The summed E-state index contributed by atoms with van der Waals surface area (Å²) in [7, 11) is 1.49. The highest BCUT2D eigenvalue weighted by atomic mass is 16.5. The molecule has 0 atom stereocenters. The highest BCUT2D eigenvalue weighted by Crippen LogP contribution is 2.20. The fraction of sp³-hybridized carbons (Fsp3) is 0.300. The summed E-state index contributed by atoms with van der Waals surface area (Å²) in [5.74, 6) is -0.485. The Hall–Kier alpha value is -3.66. The van der Waals surface area contributed by atoms with Gasteiger partial charge in [-0.15, -0.1) is 0 Å². The number of benzene rings is 1. The van der Waals surface area contributed by atoms with Crippen molar-refractivity contribution < 1.29 is 9.53 Å². The molecule has 0 saturated carbocycles. The molecule has 3 aromatic rings. The summed E-state index contributed by atoms with van der Waals surface area (Å²) >= 11 is 0. The first kappa shape index (κ1) is 21.1. The molecule has 0 aliphatic heterocycles. The fourth-order valence-corrected chi connectivity index (χ4v) is 3.12. The molecule has 0 aliphatic rings. The largest absolute Gasteiger partial charge is 0.383 e. The first-order valence-electron chi connectivity index (χ1n) is 9.51. The van der Waals surface area contributed by atoms with Gasteiger partial charge in [0.15, 0.2) is 5.69 Å². The van der Waals surface area contributed by atoms with E-state index in [1.54, 1.807) is 47.4 Å². The van der Waals surface area contributed by atoms with Gasteiger partial charge in [0.1, 0.15) is 5.82 Å². The number of anilines is 2. The minimum atomic E-state index is -0.720. The summed E-state index contributed by atoms with van der Waals surface area (Å²) in [6.07, 6.45) is 4.08. The molecule has 10 heteroatoms. The number of nitrogens with two attached hydrogens (primary N) is 1. The minimum absolute atomic E-state index is 0.0526. The number of methoxy groups -OCH3 is 1. The second-order valence-corrected chi connectivity index (χ2v) is 6.59. The molecule has 30 heavy (non-hydrogen) atoms. The fourth-order valence-electron chi connectivity index (χ4n) is 3.12. The molecule has 158 valence electrons. The Labute approximate surface area is 172 Å². The van der Waals surface area contributed by atoms with Gasteiger partial charge in [-0.05, 0) is 36.8 Å². The van der Waals surface area contributed by atoms with Crippen molar-refractivity contribution in [2.45, 2.75) is 19.9 Å². The number of aromatic nitrogens is 4. The highest BCUT2D eigenvalue weighted by Gasteiger charge is 2.25. The number of nitrogen functional groups attached to an aromatic ring is 1. The van der Waals surface area contributed by atoms with Gasteiger partial charge in [0.05, 0.1) is 12.3 Å². The summed E-state index contributed by atoms with van der Waals surface area (Å²) in [6.45, 7) is 2.47. The average Bonchev–Trinajstić information content (AvgIpc) is 3.28. The van der Waals surface area contributed by atoms with Gasteiger partial charge in [0.25, 0.3) is 11.5 Å². The molecule has 0 fully saturated rings. The highest BCUT2D eigenvalue weighted by molar-refractivity contribution is 6.07. The maximum atomic E-state index is 13.3. The van der Waals surface area contributed by atoms with Crippen molar-refractivity contribution in [1.82, 2.24) is 19.3 Å². The molecule has 0 unspecified atom stereocenters. The summed E-state index contributed by atoms with van der Waals surface area (Å²) in [5.41, 5.74) is 5.89. The van der Waals surface area contributed by atoms with Crippen molar-refractivity contribution in [2.75, 3.05) is 30.9 Å². The van der Waals surface area contributed by atoms with Crippen LogP contribution in [0.1, 0.15) is 23.7 Å². The molecule has 2 aromatic heterocycles. The predicted octanol–water partition coefficient (Wildman–Crippen LogP) is 1.01. The molecule has 10 nitrogen and oxygen atoms in total. The quantitative estimate of drug-likeness (QED) is 0.568. The van der Waals surface area contributed by atoms with E-state index in [4.69, 9.17) is 10.5 Å². The van der Waals surface area contributed by atoms with E-state index in [0.29, 0.717) is 18.5 Å². The van der Waals surface area contributed by atoms with E-state index < -0.39 is 17.2 Å². The standard InChI is InChI=1S/C20H24N6O4/c1-3-10-25-17(21)16(18(27)23-20(25)29)24(12-13-30-2)19(28)14-5-7-15(8-6-14)26-11-4-9-22-26/h4-9,11H,3,10,12-13,21H2,1-2H3,(H,23,27,29). The molecule has 0 spiro atoms. The van der Waals surface area contributed by atoms with Crippen molar-refractivity contribution in [3.63, 3.8) is 0 Å². The van der Waals surface area contributed by atoms with Gasteiger partial charge < -0.3 is 10.5 Å². The summed E-state index contributed by atoms with van der Waals surface area (Å²) in [6, 6.07) is 8.59. The Bertz CT molecular complexity index is 1120. The minimum Gasteiger partial charge on any atom is -0.383 e. The number of aromatic amines is 1. The Balaban J connectivity index is 2.02. The molecule has 0 bridgehead atoms. The molecule has 0 radical (unpaired) electrons. The number of hydrogen-bond acceptors (Lipinski definition) is 6. The Kier molecular flexibility index (Phi) is 6.48. The van der Waals surface area contributed by atoms with Crippen LogP contribution in [0.2, 0.25) is 0 Å². The topological polar surface area (TPSA) is 128 Å². The number of carbonyl (C=O) groups is 1. The smallest absolute Gasteiger partial charge is 0.330 e. The van der Waals surface area contributed by atoms with E-state index >= 15 is 0 Å². The number of hydrogen-bond donors (Lipinski definition) is 2. The zero-order valence-electron chi connectivity index (χ0n) is 16.9. The van der Waals surface area contributed by atoms with Crippen molar-refractivity contribution in [2.24, 2.45) is 0 Å². The van der Waals surface area contributed by atoms with E-state index in [9.17, 15) is 14.4 Å². The lowest BCUT2D eigenvalue weighted by atomic mass is 10.1. The predicted molar refractivity (Wildman–Crippen MR) is 113 cm³/mol. The van der Waals surface area contributed by atoms with Gasteiger partial charge in [-0.25, -0.2) is 9.48 Å². The van der Waals surface area contributed by atoms with Gasteiger partial charge in [0.2, 0.25) is 0 Å². The second-order valence-electron chi connectivity index (χ2n) is 6.59. The molecule has 3 N–H and O–H groups in total. The molecule has 2 heterocycles. The van der Waals surface area contributed by atoms with E-state index in [1.165, 1.54) is 16.6 Å². The SMILES string of the molecule is CCCn1c(N)c(N(CCOC)C(=O)c2ccc(-n3cccn3)cc2)c(=O)[nH]c1=O. The Morgan fingerprint density at radius 1 is 1.27 bits per heavy atom. The van der Waals surface area contributed by atoms with E-state index in [2.05, 4.69) is 10.1 Å². The zero-order chi connectivity index (χ0) is 21.7. The van der Waals surface area contributed by atoms with Crippen LogP contribution in [0.5, 0.6) is 0 Å². The normalized spacial score (nSPS) is 10.9. The van der Waals surface area contributed by atoms with E-state index in [1.807, 2.05) is 6.92 Å². The third kappa shape index (κ3) is 4.18. The number of rotatable bonds is 8. The van der Waals surface area contributed by atoms with Crippen molar-refractivity contribution in [3.8, 4) is 5.69 Å². The van der Waals surface area contributed by atoms with Crippen molar-refractivity contribution in [1.29, 1.82) is 0 Å². The number of carbonyl (C=O) groups excluding carboxylic acids is 1. The van der Waals surface area contributed by atoms with Crippen LogP contribution in [-0.4, -0.2) is 45.5 Å². The van der Waals surface area contributed by atoms with Gasteiger partial charge >= 0.3 is 5.69 Å². The van der Waals surface area contributed by atoms with Gasteiger partial charge in [-0.3, -0.25) is 24.0 Å². The van der Waals surface area contributed by atoms with Crippen LogP contribution in [0, 0.1) is 0 Å². The van der Waals surface area contributed by atoms with Crippen LogP contribution in [0.25, 0.3) is 5.69 Å². The number of nitrogens with one attached hydrogen (secondary N) is 1. The molecule has 3 rings (SSSR count). The maximum absolute atomic E-state index is 13.3. The van der Waals surface area contributed by atoms with Crippen LogP contribution >= 0.6 is 0 Å². The average molecular weight is 412 g/mol. The molecule has 1 aromatic carbocycles. The number of nitrogens with zero attached hydrogens (tertiary/aromatic N) is 4. The Morgan fingerprint density at radius 3 is 2.60 bits per heavy atom. The summed E-state index contributed by atoms with van der Waals surface area (Å²) in [4.78, 5) is 41.4. The van der Waals surface area contributed by atoms with Gasteiger partial charge in [-0.1, -0.05) is 6.92 Å². The molecular formula is C20H24N6O4. The third-order valence-electron chi connectivity index (χ3n) is 4.58. The molecule has 0 saturated heterocycles. The first-order chi connectivity index (χ1) is 14.5. The van der Waals surface area contributed by atoms with Crippen LogP contribution in [-0.2, 0) is 11.3 Å². The van der Waals surface area contributed by atoms with Crippen LogP contribution in [0.4, 0.5) is 11.5 Å². The van der Waals surface area contributed by atoms with E-state index in [-0.39, 0.29) is 24.7 Å². The van der Waals surface area contributed by atoms with Crippen molar-refractivity contribution >= 4 is 17.4 Å². The third-order valence-corrected chi connectivity index (χ3v) is 4.58. The summed E-state index contributed by atoms with van der Waals surface area (Å²) in [5, 5.41) is 4.15. The maximum Gasteiger partial charge on any atom is 0.330 e. The lowest BCUT2D eigenvalue weighted by Gasteiger charge is -2.24. The number of amides is 1. The van der Waals surface area contributed by atoms with Crippen LogP contribution in [0.15, 0.2) is 52.3 Å². The van der Waals surface area contributed by atoms with Crippen molar-refractivity contribution in [3.05, 3.63) is 69.1 Å². The lowest BCUT2D eigenvalue weighted by Crippen LogP contribution is -2.42. The lowest BCUT2D eigenvalue weighted by molar-refractivity contribution is 0.0975. The Morgan fingerprint density at radius 2 is 2.00 bits per heavy atom. The van der Waals surface area contributed by atoms with Gasteiger partial charge in [-0.2, -0.15) is 5.10 Å². The van der Waals surface area contributed by atoms with Gasteiger partial charge in [0, 0.05) is 38.2 Å². The number of ether oxygens (including phenoxy) is 1. The molecule has 0 aliphatic carbocycles. The molecular weight excluding hydrogens is 388 g/mol. The van der Waals surface area contributed by atoms with Crippen LogP contribution < -0.4 is 21.9 Å². The van der Waals surface area contributed by atoms with E-state index in [0.717, 1.165) is 5.69 Å². The monoisotopic (exact) mass is 412 g/mol. The first-order valence-corrected chi connectivity index (χ1v) is 9.51. The second kappa shape index (κ2) is 9.23. The summed E-state index contributed by atoms with van der Waals surface area (Å²) < 4.78 is 8.02. The zero-order valence-corrected chi connectivity index (χ0v) is 16.9. The van der Waals surface area contributed by atoms with Crippen LogP contribution in [0.3, 0.4) is 0 Å².